The number of nitrogens with zero attached hydrogens (tertiary/aromatic N) is 6. The third-order valence-electron chi connectivity index (χ3n) is 4.18. The van der Waals surface area contributed by atoms with Gasteiger partial charge in [-0.15, -0.1) is 5.10 Å². The van der Waals surface area contributed by atoms with Gasteiger partial charge in [-0.05, 0) is 54.0 Å². The van der Waals surface area contributed by atoms with Crippen LogP contribution in [0.1, 0.15) is 31.4 Å². The molecule has 0 bridgehead atoms. The fourth-order valence-corrected chi connectivity index (χ4v) is 3.43. The number of aromatic nitrogens is 6. The van der Waals surface area contributed by atoms with Crippen molar-refractivity contribution < 1.29 is 4.79 Å². The lowest BCUT2D eigenvalue weighted by Crippen LogP contribution is -2.30. The molecule has 8 nitrogen and oxygen atoms in total. The van der Waals surface area contributed by atoms with Gasteiger partial charge in [0.2, 0.25) is 11.1 Å². The fourth-order valence-electron chi connectivity index (χ4n) is 2.54. The summed E-state index contributed by atoms with van der Waals surface area (Å²) in [5.41, 5.74) is 2.02. The molecule has 1 amide bonds. The Balaban J connectivity index is 1.31. The van der Waals surface area contributed by atoms with Crippen LogP contribution in [-0.2, 0) is 11.3 Å². The van der Waals surface area contributed by atoms with E-state index in [1.165, 1.54) is 11.8 Å². The van der Waals surface area contributed by atoms with E-state index in [2.05, 4.69) is 25.9 Å². The van der Waals surface area contributed by atoms with Crippen molar-refractivity contribution in [3.63, 3.8) is 0 Å². The summed E-state index contributed by atoms with van der Waals surface area (Å²) in [6, 6.07) is 10.2. The van der Waals surface area contributed by atoms with Gasteiger partial charge >= 0.3 is 0 Å². The molecule has 0 radical (unpaired) electrons. The predicted molar refractivity (Wildman–Crippen MR) is 96.8 cm³/mol. The lowest BCUT2D eigenvalue weighted by molar-refractivity contribution is -0.120. The molecule has 4 rings (SSSR count). The standard InChI is InChI=1S/C17H19N7OS/c1-12(26-17-20-21-22-24(17)15-7-8-15)16(25)18-11-13-3-5-14(6-4-13)23-10-2-9-19-23/h2-6,9-10,12,15H,7-8,11H2,1H3,(H,18,25). The molecule has 9 heteroatoms. The first-order valence-electron chi connectivity index (χ1n) is 8.52. The summed E-state index contributed by atoms with van der Waals surface area (Å²) in [6.45, 7) is 2.35. The number of tetrazole rings is 1. The number of hydrogen-bond acceptors (Lipinski definition) is 6. The molecule has 1 saturated carbocycles. The van der Waals surface area contributed by atoms with E-state index in [1.807, 2.05) is 48.1 Å². The lowest BCUT2D eigenvalue weighted by Gasteiger charge is -2.12. The zero-order valence-electron chi connectivity index (χ0n) is 14.3. The normalized spacial score (nSPS) is 15.0. The van der Waals surface area contributed by atoms with Gasteiger partial charge in [-0.25, -0.2) is 9.36 Å². The van der Waals surface area contributed by atoms with E-state index < -0.39 is 0 Å². The van der Waals surface area contributed by atoms with Crippen LogP contribution < -0.4 is 5.32 Å². The number of hydrogen-bond donors (Lipinski definition) is 1. The van der Waals surface area contributed by atoms with Crippen LogP contribution in [0.25, 0.3) is 5.69 Å². The lowest BCUT2D eigenvalue weighted by atomic mass is 10.2. The molecule has 0 spiro atoms. The smallest absolute Gasteiger partial charge is 0.233 e. The topological polar surface area (TPSA) is 90.5 Å². The molecule has 26 heavy (non-hydrogen) atoms. The quantitative estimate of drug-likeness (QED) is 0.641. The second kappa shape index (κ2) is 7.28. The largest absolute Gasteiger partial charge is 0.351 e. The van der Waals surface area contributed by atoms with Crippen LogP contribution >= 0.6 is 11.8 Å². The van der Waals surface area contributed by atoms with Gasteiger partial charge in [-0.2, -0.15) is 5.10 Å². The van der Waals surface area contributed by atoms with E-state index in [9.17, 15) is 4.79 Å². The van der Waals surface area contributed by atoms with Crippen LogP contribution in [0.5, 0.6) is 0 Å². The third-order valence-corrected chi connectivity index (χ3v) is 5.23. The average molecular weight is 369 g/mol. The minimum atomic E-state index is -0.262. The Bertz CT molecular complexity index is 871. The average Bonchev–Trinajstić information content (AvgIpc) is 3.16. The van der Waals surface area contributed by atoms with E-state index in [4.69, 9.17) is 0 Å². The van der Waals surface area contributed by atoms with Gasteiger partial charge in [0.1, 0.15) is 0 Å². The van der Waals surface area contributed by atoms with Gasteiger partial charge in [0, 0.05) is 18.9 Å². The van der Waals surface area contributed by atoms with Crippen molar-refractivity contribution in [2.75, 3.05) is 0 Å². The predicted octanol–water partition coefficient (Wildman–Crippen LogP) is 1.99. The number of thioether (sulfide) groups is 1. The van der Waals surface area contributed by atoms with Crippen LogP contribution in [0.2, 0.25) is 0 Å². The van der Waals surface area contributed by atoms with Crippen LogP contribution in [-0.4, -0.2) is 41.1 Å². The molecular weight excluding hydrogens is 350 g/mol. The number of carbonyl (C=O) groups excluding carboxylic acids is 1. The van der Waals surface area contributed by atoms with E-state index >= 15 is 0 Å². The number of benzene rings is 1. The van der Waals surface area contributed by atoms with E-state index in [-0.39, 0.29) is 11.2 Å². The number of nitrogens with one attached hydrogen (secondary N) is 1. The fraction of sp³-hybridized carbons (Fsp3) is 0.353. The molecule has 0 saturated heterocycles. The molecule has 3 aromatic rings. The molecule has 1 aromatic carbocycles. The molecule has 1 unspecified atom stereocenters. The molecule has 0 aliphatic heterocycles. The monoisotopic (exact) mass is 369 g/mol. The summed E-state index contributed by atoms with van der Waals surface area (Å²) in [4.78, 5) is 12.4. The molecule has 1 fully saturated rings. The Hall–Kier alpha value is -2.68. The first-order valence-corrected chi connectivity index (χ1v) is 9.40. The van der Waals surface area contributed by atoms with E-state index in [0.29, 0.717) is 17.7 Å². The van der Waals surface area contributed by atoms with Gasteiger partial charge < -0.3 is 5.32 Å². The van der Waals surface area contributed by atoms with Crippen molar-refractivity contribution in [1.82, 2.24) is 35.3 Å². The Morgan fingerprint density at radius 2 is 2.15 bits per heavy atom. The molecule has 1 aliphatic rings. The van der Waals surface area contributed by atoms with Crippen LogP contribution in [0.4, 0.5) is 0 Å². The maximum atomic E-state index is 12.4. The highest BCUT2D eigenvalue weighted by Crippen LogP contribution is 2.37. The summed E-state index contributed by atoms with van der Waals surface area (Å²) in [5, 5.41) is 19.4. The van der Waals surface area contributed by atoms with E-state index in [0.717, 1.165) is 24.1 Å². The number of rotatable bonds is 7. The molecule has 2 aromatic heterocycles. The van der Waals surface area contributed by atoms with Crippen molar-refractivity contribution in [2.24, 2.45) is 0 Å². The van der Waals surface area contributed by atoms with Gasteiger partial charge in [0.15, 0.2) is 0 Å². The summed E-state index contributed by atoms with van der Waals surface area (Å²) < 4.78 is 3.62. The molecule has 134 valence electrons. The number of amides is 1. The SMILES string of the molecule is CC(Sc1nnnn1C1CC1)C(=O)NCc1ccc(-n2cccn2)cc1. The van der Waals surface area contributed by atoms with Gasteiger partial charge in [-0.1, -0.05) is 23.9 Å². The maximum absolute atomic E-state index is 12.4. The zero-order chi connectivity index (χ0) is 17.9. The zero-order valence-corrected chi connectivity index (χ0v) is 15.1. The van der Waals surface area contributed by atoms with Crippen molar-refractivity contribution in [2.45, 2.75) is 42.8 Å². The van der Waals surface area contributed by atoms with Crippen molar-refractivity contribution >= 4 is 17.7 Å². The highest BCUT2D eigenvalue weighted by Gasteiger charge is 2.29. The molecule has 1 aliphatic carbocycles. The Labute approximate surface area is 155 Å². The van der Waals surface area contributed by atoms with Crippen molar-refractivity contribution in [3.8, 4) is 5.69 Å². The van der Waals surface area contributed by atoms with Crippen LogP contribution in [0.3, 0.4) is 0 Å². The van der Waals surface area contributed by atoms with Gasteiger partial charge in [0.25, 0.3) is 0 Å². The number of carbonyl (C=O) groups is 1. The van der Waals surface area contributed by atoms with Crippen molar-refractivity contribution in [1.29, 1.82) is 0 Å². The minimum absolute atomic E-state index is 0.0310. The summed E-state index contributed by atoms with van der Waals surface area (Å²) in [5.74, 6) is -0.0310. The Morgan fingerprint density at radius 1 is 1.35 bits per heavy atom. The summed E-state index contributed by atoms with van der Waals surface area (Å²) >= 11 is 1.39. The molecule has 1 atom stereocenters. The summed E-state index contributed by atoms with van der Waals surface area (Å²) in [7, 11) is 0. The maximum Gasteiger partial charge on any atom is 0.233 e. The van der Waals surface area contributed by atoms with Gasteiger partial charge in [-0.3, -0.25) is 4.79 Å². The third kappa shape index (κ3) is 3.77. The first-order chi connectivity index (χ1) is 12.7. The Kier molecular flexibility index (Phi) is 4.70. The highest BCUT2D eigenvalue weighted by atomic mass is 32.2. The molecular formula is C17H19N7OS. The first kappa shape index (κ1) is 16.8. The van der Waals surface area contributed by atoms with Gasteiger partial charge in [0.05, 0.1) is 17.0 Å². The highest BCUT2D eigenvalue weighted by molar-refractivity contribution is 8.00. The van der Waals surface area contributed by atoms with Crippen LogP contribution in [0, 0.1) is 0 Å². The summed E-state index contributed by atoms with van der Waals surface area (Å²) in [6.07, 6.45) is 5.85. The van der Waals surface area contributed by atoms with Crippen molar-refractivity contribution in [3.05, 3.63) is 48.3 Å². The van der Waals surface area contributed by atoms with E-state index in [1.54, 1.807) is 10.9 Å². The molecule has 1 N–H and O–H groups in total. The Morgan fingerprint density at radius 3 is 2.85 bits per heavy atom. The van der Waals surface area contributed by atoms with Crippen LogP contribution in [0.15, 0.2) is 47.9 Å². The molecule has 2 heterocycles. The second-order valence-electron chi connectivity index (χ2n) is 6.23. The minimum Gasteiger partial charge on any atom is -0.351 e. The second-order valence-corrected chi connectivity index (χ2v) is 7.54.